The Hall–Kier alpha value is -0.820. The van der Waals surface area contributed by atoms with E-state index in [1.807, 2.05) is 0 Å². The van der Waals surface area contributed by atoms with Crippen LogP contribution in [0, 0.1) is 6.92 Å². The van der Waals surface area contributed by atoms with E-state index in [1.165, 1.54) is 23.1 Å². The van der Waals surface area contributed by atoms with E-state index in [0.717, 1.165) is 12.8 Å². The second-order valence-electron chi connectivity index (χ2n) is 6.56. The van der Waals surface area contributed by atoms with Crippen molar-refractivity contribution in [3.63, 3.8) is 0 Å². The lowest BCUT2D eigenvalue weighted by Crippen LogP contribution is -2.13. The van der Waals surface area contributed by atoms with Gasteiger partial charge in [0.05, 0.1) is 12.2 Å². The van der Waals surface area contributed by atoms with Gasteiger partial charge < -0.3 is 4.74 Å². The molecule has 1 nitrogen and oxygen atoms in total. The number of benzene rings is 1. The van der Waals surface area contributed by atoms with Crippen molar-refractivity contribution in [2.24, 2.45) is 0 Å². The van der Waals surface area contributed by atoms with E-state index in [9.17, 15) is 0 Å². The van der Waals surface area contributed by atoms with Crippen LogP contribution in [0.5, 0.6) is 0 Å². The summed E-state index contributed by atoms with van der Waals surface area (Å²) in [7, 11) is 0. The van der Waals surface area contributed by atoms with Gasteiger partial charge in [0.2, 0.25) is 0 Å². The number of ether oxygens (including phenoxy) is 1. The Kier molecular flexibility index (Phi) is 3.82. The van der Waals surface area contributed by atoms with Crippen molar-refractivity contribution >= 4 is 0 Å². The molecule has 0 spiro atoms. The standard InChI is InChI=1S/C17H26O/c1-6-15-16(18-15)10-9-13-8-7-12(2)14(11-13)17(3,4)5/h7-8,11,15-16H,6,9-10H2,1-5H3. The molecule has 1 heteroatoms. The van der Waals surface area contributed by atoms with Gasteiger partial charge in [0.25, 0.3) is 0 Å². The lowest BCUT2D eigenvalue weighted by Gasteiger charge is -2.22. The van der Waals surface area contributed by atoms with Crippen molar-refractivity contribution in [2.45, 2.75) is 71.5 Å². The molecule has 1 aromatic rings. The molecule has 0 aliphatic carbocycles. The molecule has 0 saturated carbocycles. The molecule has 1 saturated heterocycles. The summed E-state index contributed by atoms with van der Waals surface area (Å²) in [6.07, 6.45) is 4.54. The number of epoxide rings is 1. The summed E-state index contributed by atoms with van der Waals surface area (Å²) in [5.41, 5.74) is 4.57. The van der Waals surface area contributed by atoms with Crippen molar-refractivity contribution in [1.82, 2.24) is 0 Å². The van der Waals surface area contributed by atoms with E-state index in [0.29, 0.717) is 12.2 Å². The van der Waals surface area contributed by atoms with Gasteiger partial charge in [0, 0.05) is 0 Å². The molecule has 0 bridgehead atoms. The second-order valence-corrected chi connectivity index (χ2v) is 6.56. The summed E-state index contributed by atoms with van der Waals surface area (Å²) in [6, 6.07) is 6.92. The highest BCUT2D eigenvalue weighted by Crippen LogP contribution is 2.31. The Labute approximate surface area is 112 Å². The smallest absolute Gasteiger partial charge is 0.0845 e. The Bertz CT molecular complexity index is 414. The summed E-state index contributed by atoms with van der Waals surface area (Å²) < 4.78 is 5.61. The van der Waals surface area contributed by atoms with Crippen molar-refractivity contribution in [2.75, 3.05) is 0 Å². The van der Waals surface area contributed by atoms with Crippen LogP contribution in [0.3, 0.4) is 0 Å². The normalized spacial score (nSPS) is 23.2. The van der Waals surface area contributed by atoms with Crippen molar-refractivity contribution in [3.8, 4) is 0 Å². The summed E-state index contributed by atoms with van der Waals surface area (Å²) in [5.74, 6) is 0. The number of hydrogen-bond donors (Lipinski definition) is 0. The average Bonchev–Trinajstić information content (AvgIpc) is 3.05. The van der Waals surface area contributed by atoms with Gasteiger partial charge in [-0.1, -0.05) is 45.9 Å². The predicted molar refractivity (Wildman–Crippen MR) is 77.2 cm³/mol. The summed E-state index contributed by atoms with van der Waals surface area (Å²) >= 11 is 0. The molecule has 1 aliphatic rings. The summed E-state index contributed by atoms with van der Waals surface area (Å²) in [5, 5.41) is 0. The minimum atomic E-state index is 0.238. The Morgan fingerprint density at radius 3 is 2.44 bits per heavy atom. The van der Waals surface area contributed by atoms with Crippen LogP contribution in [0.15, 0.2) is 18.2 Å². The molecule has 1 aromatic carbocycles. The topological polar surface area (TPSA) is 12.5 Å². The molecule has 2 atom stereocenters. The van der Waals surface area contributed by atoms with Crippen molar-refractivity contribution in [3.05, 3.63) is 34.9 Å². The predicted octanol–water partition coefficient (Wildman–Crippen LogP) is 4.40. The van der Waals surface area contributed by atoms with Gasteiger partial charge in [-0.3, -0.25) is 0 Å². The first-order valence-corrected chi connectivity index (χ1v) is 7.17. The van der Waals surface area contributed by atoms with Crippen LogP contribution in [0.1, 0.15) is 57.2 Å². The monoisotopic (exact) mass is 246 g/mol. The van der Waals surface area contributed by atoms with E-state index in [4.69, 9.17) is 4.74 Å². The molecule has 0 aromatic heterocycles. The lowest BCUT2D eigenvalue weighted by atomic mass is 9.83. The zero-order valence-electron chi connectivity index (χ0n) is 12.4. The van der Waals surface area contributed by atoms with Gasteiger partial charge >= 0.3 is 0 Å². The van der Waals surface area contributed by atoms with E-state index in [1.54, 1.807) is 0 Å². The zero-order valence-corrected chi connectivity index (χ0v) is 12.4. The first-order valence-electron chi connectivity index (χ1n) is 7.17. The van der Waals surface area contributed by atoms with E-state index < -0.39 is 0 Å². The van der Waals surface area contributed by atoms with Gasteiger partial charge in [0.1, 0.15) is 0 Å². The molecule has 1 fully saturated rings. The molecule has 1 aliphatic heterocycles. The van der Waals surface area contributed by atoms with Crippen LogP contribution in [0.2, 0.25) is 0 Å². The second kappa shape index (κ2) is 5.05. The fourth-order valence-electron chi connectivity index (χ4n) is 2.73. The lowest BCUT2D eigenvalue weighted by molar-refractivity contribution is 0.360. The molecule has 1 heterocycles. The molecule has 100 valence electrons. The highest BCUT2D eigenvalue weighted by molar-refractivity contribution is 5.36. The van der Waals surface area contributed by atoms with Gasteiger partial charge in [0.15, 0.2) is 0 Å². The molecular formula is C17H26O. The largest absolute Gasteiger partial charge is 0.370 e. The highest BCUT2D eigenvalue weighted by Gasteiger charge is 2.36. The molecule has 0 N–H and O–H groups in total. The van der Waals surface area contributed by atoms with Crippen molar-refractivity contribution in [1.29, 1.82) is 0 Å². The van der Waals surface area contributed by atoms with Crippen LogP contribution in [0.25, 0.3) is 0 Å². The Morgan fingerprint density at radius 1 is 1.17 bits per heavy atom. The minimum Gasteiger partial charge on any atom is -0.370 e. The maximum atomic E-state index is 5.61. The molecule has 2 rings (SSSR count). The van der Waals surface area contributed by atoms with Crippen LogP contribution in [-0.4, -0.2) is 12.2 Å². The molecule has 0 amide bonds. The molecule has 2 unspecified atom stereocenters. The number of hydrogen-bond acceptors (Lipinski definition) is 1. The fraction of sp³-hybridized carbons (Fsp3) is 0.647. The van der Waals surface area contributed by atoms with E-state index in [2.05, 4.69) is 52.8 Å². The highest BCUT2D eigenvalue weighted by atomic mass is 16.6. The maximum absolute atomic E-state index is 5.61. The Balaban J connectivity index is 2.01. The maximum Gasteiger partial charge on any atom is 0.0845 e. The summed E-state index contributed by atoms with van der Waals surface area (Å²) in [6.45, 7) is 11.3. The third kappa shape index (κ3) is 3.14. The molecule has 0 radical (unpaired) electrons. The first kappa shape index (κ1) is 13.6. The fourth-order valence-corrected chi connectivity index (χ4v) is 2.73. The third-order valence-electron chi connectivity index (χ3n) is 3.92. The SMILES string of the molecule is CCC1OC1CCc1ccc(C)c(C(C)(C)C)c1. The van der Waals surface area contributed by atoms with Gasteiger partial charge in [-0.2, -0.15) is 0 Å². The van der Waals surface area contributed by atoms with Crippen LogP contribution in [-0.2, 0) is 16.6 Å². The zero-order chi connectivity index (χ0) is 13.3. The van der Waals surface area contributed by atoms with Crippen LogP contribution >= 0.6 is 0 Å². The van der Waals surface area contributed by atoms with E-state index >= 15 is 0 Å². The van der Waals surface area contributed by atoms with Gasteiger partial charge in [-0.25, -0.2) is 0 Å². The number of aryl methyl sites for hydroxylation is 2. The number of rotatable bonds is 4. The molecular weight excluding hydrogens is 220 g/mol. The summed E-state index contributed by atoms with van der Waals surface area (Å²) in [4.78, 5) is 0. The van der Waals surface area contributed by atoms with Crippen LogP contribution in [0.4, 0.5) is 0 Å². The van der Waals surface area contributed by atoms with Gasteiger partial charge in [-0.15, -0.1) is 0 Å². The first-order chi connectivity index (χ1) is 8.41. The van der Waals surface area contributed by atoms with Crippen molar-refractivity contribution < 1.29 is 4.74 Å². The average molecular weight is 246 g/mol. The quantitative estimate of drug-likeness (QED) is 0.717. The van der Waals surface area contributed by atoms with Crippen LogP contribution < -0.4 is 0 Å². The molecule has 18 heavy (non-hydrogen) atoms. The van der Waals surface area contributed by atoms with E-state index in [-0.39, 0.29) is 5.41 Å². The third-order valence-corrected chi connectivity index (χ3v) is 3.92. The Morgan fingerprint density at radius 2 is 1.89 bits per heavy atom. The minimum absolute atomic E-state index is 0.238. The van der Waals surface area contributed by atoms with Gasteiger partial charge in [-0.05, 0) is 48.3 Å².